The van der Waals surface area contributed by atoms with Crippen LogP contribution in [0.15, 0.2) is 24.3 Å². The lowest BCUT2D eigenvalue weighted by Gasteiger charge is -2.34. The topological polar surface area (TPSA) is 37.2 Å². The predicted molar refractivity (Wildman–Crippen MR) is 106 cm³/mol. The first kappa shape index (κ1) is 19.3. The molecule has 1 aliphatic heterocycles. The van der Waals surface area contributed by atoms with Gasteiger partial charge in [-0.15, -0.1) is 0 Å². The fourth-order valence-electron chi connectivity index (χ4n) is 3.88. The molecule has 2 heterocycles. The smallest absolute Gasteiger partial charge is 0.147 e. The first-order valence-electron chi connectivity index (χ1n) is 9.51. The van der Waals surface area contributed by atoms with Gasteiger partial charge < -0.3 is 4.90 Å². The fourth-order valence-corrected chi connectivity index (χ4v) is 4.01. The number of halogens is 1. The molecule has 0 saturated carbocycles. The van der Waals surface area contributed by atoms with Crippen LogP contribution in [-0.2, 0) is 20.0 Å². The van der Waals surface area contributed by atoms with Crippen molar-refractivity contribution in [3.63, 3.8) is 0 Å². The van der Waals surface area contributed by atoms with E-state index in [1.807, 2.05) is 30.8 Å². The van der Waals surface area contributed by atoms with Crippen LogP contribution in [0.2, 0.25) is 5.02 Å². The Kier molecular flexibility index (Phi) is 6.68. The van der Waals surface area contributed by atoms with Gasteiger partial charge in [0.25, 0.3) is 0 Å². The van der Waals surface area contributed by atoms with Crippen LogP contribution in [0.25, 0.3) is 0 Å². The van der Waals surface area contributed by atoms with Crippen LogP contribution in [-0.4, -0.2) is 57.8 Å². The summed E-state index contributed by atoms with van der Waals surface area (Å²) < 4.78 is 1.89. The minimum atomic E-state index is 0.730. The third-order valence-corrected chi connectivity index (χ3v) is 5.43. The molecule has 1 fully saturated rings. The molecule has 6 heteroatoms. The monoisotopic (exact) mass is 375 g/mol. The second-order valence-corrected chi connectivity index (χ2v) is 8.02. The van der Waals surface area contributed by atoms with E-state index in [1.165, 1.54) is 31.5 Å². The summed E-state index contributed by atoms with van der Waals surface area (Å²) in [5.74, 6) is 2.62. The molecule has 0 spiro atoms. The van der Waals surface area contributed by atoms with E-state index in [2.05, 4.69) is 39.1 Å². The minimum Gasteiger partial charge on any atom is -0.303 e. The van der Waals surface area contributed by atoms with Crippen LogP contribution in [0.5, 0.6) is 0 Å². The normalized spacial score (nSPS) is 18.6. The van der Waals surface area contributed by atoms with Gasteiger partial charge in [0, 0.05) is 31.7 Å². The highest BCUT2D eigenvalue weighted by Crippen LogP contribution is 2.19. The lowest BCUT2D eigenvalue weighted by Crippen LogP contribution is -2.41. The van der Waals surface area contributed by atoms with Crippen molar-refractivity contribution in [3.05, 3.63) is 46.5 Å². The highest BCUT2D eigenvalue weighted by Gasteiger charge is 2.21. The van der Waals surface area contributed by atoms with E-state index in [1.54, 1.807) is 0 Å². The van der Waals surface area contributed by atoms with E-state index in [0.717, 1.165) is 48.6 Å². The SMILES string of the molecule is Cc1nc(CN(C)CC2CCCN(CCc3ccc(Cl)cc3)C2)n(C)n1. The molecule has 1 aromatic carbocycles. The molecular weight excluding hydrogens is 346 g/mol. The molecule has 1 aliphatic rings. The second kappa shape index (κ2) is 8.98. The van der Waals surface area contributed by atoms with Crippen molar-refractivity contribution in [2.24, 2.45) is 13.0 Å². The van der Waals surface area contributed by atoms with Gasteiger partial charge >= 0.3 is 0 Å². The molecule has 0 N–H and O–H groups in total. The van der Waals surface area contributed by atoms with Crippen LogP contribution >= 0.6 is 11.6 Å². The quantitative estimate of drug-likeness (QED) is 0.744. The Balaban J connectivity index is 1.45. The molecule has 1 saturated heterocycles. The van der Waals surface area contributed by atoms with E-state index < -0.39 is 0 Å². The fraction of sp³-hybridized carbons (Fsp3) is 0.600. The molecule has 3 rings (SSSR count). The van der Waals surface area contributed by atoms with Gasteiger partial charge in [0.15, 0.2) is 0 Å². The number of aryl methyl sites for hydroxylation is 2. The van der Waals surface area contributed by atoms with Crippen LogP contribution in [0.3, 0.4) is 0 Å². The van der Waals surface area contributed by atoms with Crippen molar-refractivity contribution in [1.29, 1.82) is 0 Å². The summed E-state index contributed by atoms with van der Waals surface area (Å²) in [7, 11) is 4.17. The van der Waals surface area contributed by atoms with Gasteiger partial charge in [0.2, 0.25) is 0 Å². The Hall–Kier alpha value is -1.43. The molecule has 0 aliphatic carbocycles. The molecule has 0 bridgehead atoms. The third kappa shape index (κ3) is 5.53. The summed E-state index contributed by atoms with van der Waals surface area (Å²) in [6, 6.07) is 8.25. The zero-order valence-electron chi connectivity index (χ0n) is 16.2. The number of hydrogen-bond donors (Lipinski definition) is 0. The Morgan fingerprint density at radius 3 is 2.73 bits per heavy atom. The molecule has 1 unspecified atom stereocenters. The number of aromatic nitrogens is 3. The first-order chi connectivity index (χ1) is 12.5. The lowest BCUT2D eigenvalue weighted by molar-refractivity contribution is 0.141. The van der Waals surface area contributed by atoms with Crippen LogP contribution in [0.4, 0.5) is 0 Å². The molecule has 142 valence electrons. The molecule has 1 aromatic heterocycles. The Morgan fingerprint density at radius 1 is 1.27 bits per heavy atom. The summed E-state index contributed by atoms with van der Waals surface area (Å²) in [6.45, 7) is 7.46. The predicted octanol–water partition coefficient (Wildman–Crippen LogP) is 3.16. The molecule has 0 radical (unpaired) electrons. The van der Waals surface area contributed by atoms with Gasteiger partial charge in [0.05, 0.1) is 6.54 Å². The van der Waals surface area contributed by atoms with Crippen molar-refractivity contribution in [1.82, 2.24) is 24.6 Å². The van der Waals surface area contributed by atoms with Gasteiger partial charge in [-0.3, -0.25) is 9.58 Å². The summed E-state index contributed by atoms with van der Waals surface area (Å²) in [5.41, 5.74) is 1.37. The average molecular weight is 376 g/mol. The largest absolute Gasteiger partial charge is 0.303 e. The van der Waals surface area contributed by atoms with E-state index in [9.17, 15) is 0 Å². The summed E-state index contributed by atoms with van der Waals surface area (Å²) in [4.78, 5) is 9.52. The summed E-state index contributed by atoms with van der Waals surface area (Å²) in [5, 5.41) is 5.16. The maximum atomic E-state index is 5.97. The number of hydrogen-bond acceptors (Lipinski definition) is 4. The molecule has 0 amide bonds. The van der Waals surface area contributed by atoms with E-state index in [0.29, 0.717) is 0 Å². The third-order valence-electron chi connectivity index (χ3n) is 5.17. The van der Waals surface area contributed by atoms with Crippen molar-refractivity contribution >= 4 is 11.6 Å². The molecular formula is C20H30ClN5. The second-order valence-electron chi connectivity index (χ2n) is 7.58. The standard InChI is InChI=1S/C20H30ClN5/c1-16-22-20(25(3)23-16)15-24(2)13-18-5-4-11-26(14-18)12-10-17-6-8-19(21)9-7-17/h6-9,18H,4-5,10-15H2,1-3H3. The van der Waals surface area contributed by atoms with Crippen molar-refractivity contribution in [3.8, 4) is 0 Å². The van der Waals surface area contributed by atoms with E-state index in [4.69, 9.17) is 11.6 Å². The molecule has 2 aromatic rings. The van der Waals surface area contributed by atoms with Gasteiger partial charge in [0.1, 0.15) is 11.6 Å². The number of piperidine rings is 1. The lowest BCUT2D eigenvalue weighted by atomic mass is 9.97. The number of nitrogens with zero attached hydrogens (tertiary/aromatic N) is 5. The zero-order chi connectivity index (χ0) is 18.5. The van der Waals surface area contributed by atoms with Crippen LogP contribution < -0.4 is 0 Å². The van der Waals surface area contributed by atoms with Gasteiger partial charge in [-0.25, -0.2) is 4.98 Å². The highest BCUT2D eigenvalue weighted by molar-refractivity contribution is 6.30. The molecule has 1 atom stereocenters. The van der Waals surface area contributed by atoms with Gasteiger partial charge in [-0.1, -0.05) is 23.7 Å². The number of likely N-dealkylation sites (tertiary alicyclic amines) is 1. The summed E-state index contributed by atoms with van der Waals surface area (Å²) >= 11 is 5.97. The van der Waals surface area contributed by atoms with E-state index >= 15 is 0 Å². The maximum absolute atomic E-state index is 5.97. The number of benzene rings is 1. The summed E-state index contributed by atoms with van der Waals surface area (Å²) in [6.07, 6.45) is 3.71. The van der Waals surface area contributed by atoms with E-state index in [-0.39, 0.29) is 0 Å². The number of rotatable bonds is 7. The van der Waals surface area contributed by atoms with Crippen molar-refractivity contribution in [2.45, 2.75) is 32.7 Å². The maximum Gasteiger partial charge on any atom is 0.147 e. The van der Waals surface area contributed by atoms with Gasteiger partial charge in [-0.05, 0) is 63.4 Å². The van der Waals surface area contributed by atoms with Crippen LogP contribution in [0, 0.1) is 12.8 Å². The average Bonchev–Trinajstić information content (AvgIpc) is 2.92. The highest BCUT2D eigenvalue weighted by atomic mass is 35.5. The van der Waals surface area contributed by atoms with Gasteiger partial charge in [-0.2, -0.15) is 5.10 Å². The minimum absolute atomic E-state index is 0.730. The van der Waals surface area contributed by atoms with Crippen molar-refractivity contribution < 1.29 is 0 Å². The molecule has 26 heavy (non-hydrogen) atoms. The zero-order valence-corrected chi connectivity index (χ0v) is 16.9. The Labute approximate surface area is 162 Å². The molecule has 5 nitrogen and oxygen atoms in total. The Bertz CT molecular complexity index is 697. The first-order valence-corrected chi connectivity index (χ1v) is 9.89. The Morgan fingerprint density at radius 2 is 2.04 bits per heavy atom. The van der Waals surface area contributed by atoms with Crippen molar-refractivity contribution in [2.75, 3.05) is 33.2 Å². The van der Waals surface area contributed by atoms with Crippen LogP contribution in [0.1, 0.15) is 30.1 Å².